The summed E-state index contributed by atoms with van der Waals surface area (Å²) in [4.78, 5) is 16.6. The highest BCUT2D eigenvalue weighted by molar-refractivity contribution is 14.0. The molecule has 7 heteroatoms. The normalized spacial score (nSPS) is 12.0. The number of halogens is 1. The molecule has 2 aromatic rings. The summed E-state index contributed by atoms with van der Waals surface area (Å²) in [5, 5.41) is 13.8. The Morgan fingerprint density at radius 3 is 2.59 bits per heavy atom. The first-order chi connectivity index (χ1) is 12.6. The predicted octanol–water partition coefficient (Wildman–Crippen LogP) is 3.97. The molecule has 1 aromatic carbocycles. The van der Waals surface area contributed by atoms with Gasteiger partial charge in [0.05, 0.1) is 6.54 Å². The lowest BCUT2D eigenvalue weighted by molar-refractivity contribution is 0.0955. The monoisotopic (exact) mass is 500 g/mol. The fourth-order valence-corrected chi connectivity index (χ4v) is 3.29. The Labute approximate surface area is 183 Å². The van der Waals surface area contributed by atoms with Crippen LogP contribution in [0.4, 0.5) is 0 Å². The van der Waals surface area contributed by atoms with Crippen LogP contribution in [0.3, 0.4) is 0 Å². The van der Waals surface area contributed by atoms with Gasteiger partial charge in [-0.15, -0.1) is 24.0 Å². The minimum atomic E-state index is -0.0482. The minimum Gasteiger partial charge on any atom is -0.357 e. The highest BCUT2D eigenvalue weighted by atomic mass is 127. The van der Waals surface area contributed by atoms with Gasteiger partial charge in [-0.05, 0) is 59.9 Å². The summed E-state index contributed by atoms with van der Waals surface area (Å²) in [6.07, 6.45) is 0. The van der Waals surface area contributed by atoms with Crippen LogP contribution in [-0.2, 0) is 6.54 Å². The second-order valence-corrected chi connectivity index (χ2v) is 6.87. The van der Waals surface area contributed by atoms with Crippen LogP contribution in [0.2, 0.25) is 0 Å². The zero-order valence-electron chi connectivity index (χ0n) is 16.1. The first-order valence-electron chi connectivity index (χ1n) is 9.05. The standard InChI is InChI=1S/C20H28N4OS.HI/c1-4-21-19(25)17-8-6-7-16(11-17)13-24-20(22-5-2)23-12-15(3)18-9-10-26-14-18;/h6-11,14-15H,4-5,12-13H2,1-3H3,(H,21,25)(H2,22,23,24);1H. The largest absolute Gasteiger partial charge is 0.357 e. The molecule has 0 aliphatic carbocycles. The van der Waals surface area contributed by atoms with Crippen molar-refractivity contribution in [2.75, 3.05) is 19.6 Å². The van der Waals surface area contributed by atoms with Crippen LogP contribution in [0.5, 0.6) is 0 Å². The molecule has 0 bridgehead atoms. The Hall–Kier alpha value is -1.61. The van der Waals surface area contributed by atoms with Gasteiger partial charge in [0.1, 0.15) is 0 Å². The van der Waals surface area contributed by atoms with Gasteiger partial charge in [-0.1, -0.05) is 19.1 Å². The van der Waals surface area contributed by atoms with Crippen LogP contribution in [0, 0.1) is 0 Å². The van der Waals surface area contributed by atoms with Gasteiger partial charge in [-0.3, -0.25) is 4.79 Å². The topological polar surface area (TPSA) is 65.5 Å². The maximum atomic E-state index is 12.0. The molecule has 148 valence electrons. The molecule has 5 nitrogen and oxygen atoms in total. The lowest BCUT2D eigenvalue weighted by Gasteiger charge is -2.15. The molecule has 1 atom stereocenters. The number of amides is 1. The first-order valence-corrected chi connectivity index (χ1v) is 9.99. The number of carbonyl (C=O) groups is 1. The number of rotatable bonds is 8. The average molecular weight is 500 g/mol. The molecule has 0 spiro atoms. The number of guanidine groups is 1. The number of aliphatic imine (C=N–C) groups is 1. The number of carbonyl (C=O) groups excluding carboxylic acids is 1. The first kappa shape index (κ1) is 23.4. The molecule has 1 amide bonds. The van der Waals surface area contributed by atoms with Gasteiger partial charge >= 0.3 is 0 Å². The lowest BCUT2D eigenvalue weighted by Crippen LogP contribution is -2.39. The molecule has 1 aromatic heterocycles. The Kier molecular flexibility index (Phi) is 11.0. The number of benzene rings is 1. The van der Waals surface area contributed by atoms with E-state index in [9.17, 15) is 4.79 Å². The van der Waals surface area contributed by atoms with Gasteiger partial charge in [0, 0.05) is 25.2 Å². The van der Waals surface area contributed by atoms with Crippen LogP contribution in [0.25, 0.3) is 0 Å². The number of nitrogens with zero attached hydrogens (tertiary/aromatic N) is 1. The van der Waals surface area contributed by atoms with Crippen LogP contribution < -0.4 is 16.0 Å². The van der Waals surface area contributed by atoms with Crippen molar-refractivity contribution in [1.29, 1.82) is 0 Å². The lowest BCUT2D eigenvalue weighted by atomic mass is 10.1. The molecule has 0 aliphatic rings. The van der Waals surface area contributed by atoms with E-state index < -0.39 is 0 Å². The molecule has 0 aliphatic heterocycles. The van der Waals surface area contributed by atoms with E-state index in [1.807, 2.05) is 31.2 Å². The van der Waals surface area contributed by atoms with Crippen molar-refractivity contribution in [1.82, 2.24) is 16.0 Å². The molecule has 0 saturated carbocycles. The van der Waals surface area contributed by atoms with Crippen molar-refractivity contribution in [3.05, 3.63) is 57.8 Å². The van der Waals surface area contributed by atoms with Crippen molar-refractivity contribution < 1.29 is 4.79 Å². The van der Waals surface area contributed by atoms with E-state index in [0.29, 0.717) is 24.6 Å². The van der Waals surface area contributed by atoms with Crippen LogP contribution in [0.1, 0.15) is 48.2 Å². The molecular weight excluding hydrogens is 471 g/mol. The van der Waals surface area contributed by atoms with Crippen LogP contribution in [0.15, 0.2) is 46.1 Å². The summed E-state index contributed by atoms with van der Waals surface area (Å²) in [6, 6.07) is 9.77. The van der Waals surface area contributed by atoms with E-state index in [-0.39, 0.29) is 29.9 Å². The number of hydrogen-bond donors (Lipinski definition) is 3. The van der Waals surface area contributed by atoms with Crippen molar-refractivity contribution in [3.8, 4) is 0 Å². The summed E-state index contributed by atoms with van der Waals surface area (Å²) in [7, 11) is 0. The maximum Gasteiger partial charge on any atom is 0.251 e. The van der Waals surface area contributed by atoms with Gasteiger partial charge in [0.25, 0.3) is 5.91 Å². The number of thiophene rings is 1. The van der Waals surface area contributed by atoms with E-state index in [1.54, 1.807) is 11.3 Å². The molecular formula is C20H29IN4OS. The van der Waals surface area contributed by atoms with E-state index >= 15 is 0 Å². The molecule has 1 heterocycles. The zero-order valence-corrected chi connectivity index (χ0v) is 19.3. The molecule has 2 rings (SSSR count). The third-order valence-electron chi connectivity index (χ3n) is 3.98. The quantitative estimate of drug-likeness (QED) is 0.292. The fourth-order valence-electron chi connectivity index (χ4n) is 2.51. The Balaban J connectivity index is 0.00000364. The van der Waals surface area contributed by atoms with E-state index in [4.69, 9.17) is 0 Å². The van der Waals surface area contributed by atoms with E-state index in [2.05, 4.69) is 51.6 Å². The summed E-state index contributed by atoms with van der Waals surface area (Å²) in [5.41, 5.74) is 3.02. The second-order valence-electron chi connectivity index (χ2n) is 6.09. The summed E-state index contributed by atoms with van der Waals surface area (Å²) in [6.45, 7) is 8.94. The molecule has 27 heavy (non-hydrogen) atoms. The number of nitrogens with one attached hydrogen (secondary N) is 3. The molecule has 0 radical (unpaired) electrons. The Bertz CT molecular complexity index is 719. The average Bonchev–Trinajstić information content (AvgIpc) is 3.19. The zero-order chi connectivity index (χ0) is 18.8. The summed E-state index contributed by atoms with van der Waals surface area (Å²) >= 11 is 1.72. The van der Waals surface area contributed by atoms with Crippen LogP contribution >= 0.6 is 35.3 Å². The van der Waals surface area contributed by atoms with Gasteiger partial charge < -0.3 is 16.0 Å². The summed E-state index contributed by atoms with van der Waals surface area (Å²) < 4.78 is 0. The number of hydrogen-bond acceptors (Lipinski definition) is 3. The smallest absolute Gasteiger partial charge is 0.251 e. The van der Waals surface area contributed by atoms with Gasteiger partial charge in [0.2, 0.25) is 0 Å². The van der Waals surface area contributed by atoms with Crippen molar-refractivity contribution >= 4 is 47.2 Å². The molecule has 0 saturated heterocycles. The highest BCUT2D eigenvalue weighted by Gasteiger charge is 2.08. The van der Waals surface area contributed by atoms with Crippen molar-refractivity contribution in [2.45, 2.75) is 33.2 Å². The minimum absolute atomic E-state index is 0. The SMILES string of the molecule is CCNC(=O)c1cccc(CN=C(NCC)NCC(C)c2ccsc2)c1.I. The molecule has 1 unspecified atom stereocenters. The highest BCUT2D eigenvalue weighted by Crippen LogP contribution is 2.17. The molecule has 0 fully saturated rings. The van der Waals surface area contributed by atoms with Gasteiger partial charge in [-0.25, -0.2) is 4.99 Å². The van der Waals surface area contributed by atoms with Crippen LogP contribution in [-0.4, -0.2) is 31.5 Å². The fraction of sp³-hybridized carbons (Fsp3) is 0.400. The second kappa shape index (κ2) is 12.7. The molecule has 3 N–H and O–H groups in total. The Morgan fingerprint density at radius 2 is 1.93 bits per heavy atom. The van der Waals surface area contributed by atoms with Gasteiger partial charge in [0.15, 0.2) is 5.96 Å². The van der Waals surface area contributed by atoms with E-state index in [1.165, 1.54) is 5.56 Å². The maximum absolute atomic E-state index is 12.0. The van der Waals surface area contributed by atoms with Crippen molar-refractivity contribution in [2.24, 2.45) is 4.99 Å². The van der Waals surface area contributed by atoms with Crippen molar-refractivity contribution in [3.63, 3.8) is 0 Å². The van der Waals surface area contributed by atoms with E-state index in [0.717, 1.165) is 24.6 Å². The third kappa shape index (κ3) is 7.88. The third-order valence-corrected chi connectivity index (χ3v) is 4.68. The summed E-state index contributed by atoms with van der Waals surface area (Å²) in [5.74, 6) is 1.16. The van der Waals surface area contributed by atoms with Gasteiger partial charge in [-0.2, -0.15) is 11.3 Å². The Morgan fingerprint density at radius 1 is 1.15 bits per heavy atom. The predicted molar refractivity (Wildman–Crippen MR) is 125 cm³/mol.